The molecule has 3 heterocycles. The molecule has 0 saturated carbocycles. The molecule has 0 unspecified atom stereocenters. The number of benzene rings is 1. The summed E-state index contributed by atoms with van der Waals surface area (Å²) in [5.74, 6) is 0.857. The number of thiophene rings is 1. The first-order valence-electron chi connectivity index (χ1n) is 10.3. The molecule has 2 aromatic heterocycles. The van der Waals surface area contributed by atoms with Crippen molar-refractivity contribution in [3.8, 4) is 28.6 Å². The van der Waals surface area contributed by atoms with Crippen LogP contribution in [0.25, 0.3) is 11.1 Å². The summed E-state index contributed by atoms with van der Waals surface area (Å²) in [7, 11) is 0. The van der Waals surface area contributed by atoms with Gasteiger partial charge < -0.3 is 19.4 Å². The summed E-state index contributed by atoms with van der Waals surface area (Å²) in [5, 5.41) is 22.9. The average molecular weight is 459 g/mol. The summed E-state index contributed by atoms with van der Waals surface area (Å²) in [6.45, 7) is 8.25. The predicted molar refractivity (Wildman–Crippen MR) is 125 cm³/mol. The zero-order valence-electron chi connectivity index (χ0n) is 18.8. The van der Waals surface area contributed by atoms with Gasteiger partial charge in [0.05, 0.1) is 5.56 Å². The van der Waals surface area contributed by atoms with E-state index < -0.39 is 5.91 Å². The van der Waals surface area contributed by atoms with Crippen molar-refractivity contribution in [2.75, 3.05) is 6.79 Å². The van der Waals surface area contributed by atoms with E-state index in [2.05, 4.69) is 11.4 Å². The maximum Gasteiger partial charge on any atom is 0.262 e. The molecule has 1 aromatic carbocycles. The summed E-state index contributed by atoms with van der Waals surface area (Å²) in [6.07, 6.45) is 1.59. The molecule has 0 saturated heterocycles. The summed E-state index contributed by atoms with van der Waals surface area (Å²) < 4.78 is 12.7. The van der Waals surface area contributed by atoms with Crippen molar-refractivity contribution in [1.82, 2.24) is 9.88 Å². The average Bonchev–Trinajstić information content (AvgIpc) is 3.46. The fourth-order valence-electron chi connectivity index (χ4n) is 3.78. The number of aromatic nitrogens is 1. The van der Waals surface area contributed by atoms with Gasteiger partial charge in [-0.25, -0.2) is 0 Å². The molecular formula is C25H22N4O3S. The van der Waals surface area contributed by atoms with Crippen molar-refractivity contribution in [1.29, 1.82) is 10.5 Å². The minimum Gasteiger partial charge on any atom is -0.454 e. The van der Waals surface area contributed by atoms with Crippen molar-refractivity contribution >= 4 is 23.3 Å². The van der Waals surface area contributed by atoms with E-state index in [1.807, 2.05) is 56.5 Å². The molecule has 1 aliphatic heterocycles. The quantitative estimate of drug-likeness (QED) is 0.445. The van der Waals surface area contributed by atoms with Crippen LogP contribution in [0.2, 0.25) is 0 Å². The van der Waals surface area contributed by atoms with Gasteiger partial charge in [-0.1, -0.05) is 6.07 Å². The highest BCUT2D eigenvalue weighted by atomic mass is 32.1. The Morgan fingerprint density at radius 2 is 1.94 bits per heavy atom. The van der Waals surface area contributed by atoms with Crippen LogP contribution in [0, 0.1) is 50.4 Å². The Hall–Kier alpha value is -4.01. The van der Waals surface area contributed by atoms with E-state index in [9.17, 15) is 15.3 Å². The number of nitrogens with zero attached hydrogens (tertiary/aromatic N) is 3. The molecule has 4 rings (SSSR count). The number of fused-ring (bicyclic) bond motifs is 1. The van der Waals surface area contributed by atoms with Gasteiger partial charge in [0.1, 0.15) is 22.7 Å². The van der Waals surface area contributed by atoms with Crippen molar-refractivity contribution in [2.45, 2.75) is 34.2 Å². The van der Waals surface area contributed by atoms with Gasteiger partial charge in [-0.05, 0) is 68.7 Å². The first kappa shape index (κ1) is 22.2. The SMILES string of the molecule is Cc1sc(-n2c(C)cc(/C=C(\C#N)C(=O)NCc3ccc4c(c3)OCO4)c2C)c(C#N)c1C. The third-order valence-corrected chi connectivity index (χ3v) is 6.90. The van der Waals surface area contributed by atoms with Crippen molar-refractivity contribution < 1.29 is 14.3 Å². The van der Waals surface area contributed by atoms with Crippen LogP contribution in [-0.4, -0.2) is 17.3 Å². The highest BCUT2D eigenvalue weighted by Crippen LogP contribution is 2.34. The third-order valence-electron chi connectivity index (χ3n) is 5.71. The van der Waals surface area contributed by atoms with Crippen LogP contribution in [0.15, 0.2) is 29.8 Å². The first-order valence-corrected chi connectivity index (χ1v) is 11.1. The second-order valence-corrected chi connectivity index (χ2v) is 8.98. The van der Waals surface area contributed by atoms with Crippen LogP contribution in [0.5, 0.6) is 11.5 Å². The molecule has 0 fully saturated rings. The summed E-state index contributed by atoms with van der Waals surface area (Å²) >= 11 is 1.56. The Bertz CT molecular complexity index is 1380. The van der Waals surface area contributed by atoms with Gasteiger partial charge in [0.25, 0.3) is 5.91 Å². The molecule has 7 nitrogen and oxygen atoms in total. The smallest absolute Gasteiger partial charge is 0.262 e. The molecule has 0 bridgehead atoms. The van der Waals surface area contributed by atoms with E-state index in [1.165, 1.54) is 0 Å². The van der Waals surface area contributed by atoms with E-state index in [0.29, 0.717) is 17.1 Å². The Morgan fingerprint density at radius 1 is 1.18 bits per heavy atom. The molecule has 3 aromatic rings. The van der Waals surface area contributed by atoms with Crippen molar-refractivity contribution in [3.63, 3.8) is 0 Å². The number of hydrogen-bond acceptors (Lipinski definition) is 6. The molecule has 8 heteroatoms. The van der Waals surface area contributed by atoms with Gasteiger partial charge in [-0.2, -0.15) is 10.5 Å². The van der Waals surface area contributed by atoms with E-state index in [-0.39, 0.29) is 18.9 Å². The number of carbonyl (C=O) groups excluding carboxylic acids is 1. The Labute approximate surface area is 196 Å². The fraction of sp³-hybridized carbons (Fsp3) is 0.240. The van der Waals surface area contributed by atoms with E-state index in [4.69, 9.17) is 9.47 Å². The van der Waals surface area contributed by atoms with E-state index >= 15 is 0 Å². The standard InChI is InChI=1S/C25H22N4O3S/c1-14-7-19(16(3)29(14)25-21(11-27)15(2)17(4)33-25)9-20(10-26)24(30)28-12-18-5-6-22-23(8-18)32-13-31-22/h5-9H,12-13H2,1-4H3,(H,28,30)/b20-9+. The summed E-state index contributed by atoms with van der Waals surface area (Å²) in [5.41, 5.74) is 5.02. The maximum atomic E-state index is 12.7. The van der Waals surface area contributed by atoms with Gasteiger partial charge >= 0.3 is 0 Å². The number of aryl methyl sites for hydroxylation is 2. The lowest BCUT2D eigenvalue weighted by Crippen LogP contribution is -2.23. The number of nitriles is 2. The second kappa shape index (κ2) is 8.85. The van der Waals surface area contributed by atoms with Crippen LogP contribution in [0.4, 0.5) is 0 Å². The molecule has 0 aliphatic carbocycles. The van der Waals surface area contributed by atoms with Gasteiger partial charge in [0, 0.05) is 22.8 Å². The number of nitrogens with one attached hydrogen (secondary N) is 1. The summed E-state index contributed by atoms with van der Waals surface area (Å²) in [6, 6.07) is 11.7. The molecule has 1 amide bonds. The molecule has 33 heavy (non-hydrogen) atoms. The first-order chi connectivity index (χ1) is 15.8. The molecule has 0 radical (unpaired) electrons. The van der Waals surface area contributed by atoms with Crippen LogP contribution < -0.4 is 14.8 Å². The Kier molecular flexibility index (Phi) is 5.95. The summed E-state index contributed by atoms with van der Waals surface area (Å²) in [4.78, 5) is 13.8. The van der Waals surface area contributed by atoms with Crippen LogP contribution in [0.3, 0.4) is 0 Å². The third kappa shape index (κ3) is 4.09. The lowest BCUT2D eigenvalue weighted by molar-refractivity contribution is -0.117. The fourth-order valence-corrected chi connectivity index (χ4v) is 5.00. The lowest BCUT2D eigenvalue weighted by atomic mass is 10.1. The largest absolute Gasteiger partial charge is 0.454 e. The topological polar surface area (TPSA) is 100 Å². The zero-order valence-corrected chi connectivity index (χ0v) is 19.6. The molecule has 0 spiro atoms. The molecule has 1 N–H and O–H groups in total. The molecule has 0 atom stereocenters. The van der Waals surface area contributed by atoms with Gasteiger partial charge in [-0.15, -0.1) is 11.3 Å². The minimum absolute atomic E-state index is 0.00930. The number of ether oxygens (including phenoxy) is 2. The number of rotatable bonds is 5. The monoisotopic (exact) mass is 458 g/mol. The lowest BCUT2D eigenvalue weighted by Gasteiger charge is -2.08. The normalized spacial score (nSPS) is 12.4. The van der Waals surface area contributed by atoms with Gasteiger partial charge in [-0.3, -0.25) is 4.79 Å². The van der Waals surface area contributed by atoms with Crippen LogP contribution >= 0.6 is 11.3 Å². The number of hydrogen-bond donors (Lipinski definition) is 1. The molecule has 166 valence electrons. The molecule has 1 aliphatic rings. The Morgan fingerprint density at radius 3 is 2.67 bits per heavy atom. The maximum absolute atomic E-state index is 12.7. The van der Waals surface area contributed by atoms with Crippen molar-refractivity contribution in [3.05, 3.63) is 68.4 Å². The highest BCUT2D eigenvalue weighted by molar-refractivity contribution is 7.14. The minimum atomic E-state index is -0.458. The highest BCUT2D eigenvalue weighted by Gasteiger charge is 2.19. The predicted octanol–water partition coefficient (Wildman–Crippen LogP) is 4.60. The van der Waals surface area contributed by atoms with Crippen molar-refractivity contribution in [2.24, 2.45) is 0 Å². The Balaban J connectivity index is 1.58. The number of amides is 1. The second-order valence-electron chi connectivity index (χ2n) is 7.78. The zero-order chi connectivity index (χ0) is 23.7. The number of carbonyl (C=O) groups is 1. The molecular weight excluding hydrogens is 436 g/mol. The van der Waals surface area contributed by atoms with E-state index in [0.717, 1.165) is 38.0 Å². The van der Waals surface area contributed by atoms with Crippen LogP contribution in [0.1, 0.15) is 38.5 Å². The van der Waals surface area contributed by atoms with Crippen LogP contribution in [-0.2, 0) is 11.3 Å². The van der Waals surface area contributed by atoms with Gasteiger partial charge in [0.15, 0.2) is 11.5 Å². The van der Waals surface area contributed by atoms with Gasteiger partial charge in [0.2, 0.25) is 6.79 Å². The van der Waals surface area contributed by atoms with E-state index in [1.54, 1.807) is 23.5 Å².